The Morgan fingerprint density at radius 1 is 0.889 bits per heavy atom. The standard InChI is InChI=1S/C20H11Cl3N2O2/c21-12-3-1-11(2-4-12)19(26)24-14-6-8-18-17(10-14)25-20(27-18)15-9-13(22)5-7-16(15)23/h1-10H,(H,24,26). The Hall–Kier alpha value is -2.53. The molecule has 0 aliphatic heterocycles. The summed E-state index contributed by atoms with van der Waals surface area (Å²) in [7, 11) is 0. The van der Waals surface area contributed by atoms with Gasteiger partial charge in [-0.15, -0.1) is 0 Å². The highest BCUT2D eigenvalue weighted by Crippen LogP contribution is 2.32. The minimum Gasteiger partial charge on any atom is -0.436 e. The fourth-order valence-electron chi connectivity index (χ4n) is 2.59. The largest absolute Gasteiger partial charge is 0.436 e. The fraction of sp³-hybridized carbons (Fsp3) is 0. The van der Waals surface area contributed by atoms with Crippen molar-refractivity contribution in [1.82, 2.24) is 4.98 Å². The van der Waals surface area contributed by atoms with Gasteiger partial charge < -0.3 is 9.73 Å². The third-order valence-corrected chi connectivity index (χ3v) is 4.73. The molecule has 0 spiro atoms. The number of hydrogen-bond acceptors (Lipinski definition) is 3. The molecule has 0 unspecified atom stereocenters. The Morgan fingerprint density at radius 3 is 2.41 bits per heavy atom. The van der Waals surface area contributed by atoms with Crippen molar-refractivity contribution < 1.29 is 9.21 Å². The summed E-state index contributed by atoms with van der Waals surface area (Å²) < 4.78 is 5.77. The van der Waals surface area contributed by atoms with Crippen LogP contribution in [-0.4, -0.2) is 10.9 Å². The number of rotatable bonds is 3. The second-order valence-electron chi connectivity index (χ2n) is 5.79. The molecular formula is C20H11Cl3N2O2. The van der Waals surface area contributed by atoms with Gasteiger partial charge in [0.05, 0.1) is 10.6 Å². The maximum atomic E-state index is 12.3. The first-order valence-electron chi connectivity index (χ1n) is 7.92. The molecule has 134 valence electrons. The zero-order valence-electron chi connectivity index (χ0n) is 13.7. The molecule has 0 aliphatic carbocycles. The normalized spacial score (nSPS) is 10.9. The van der Waals surface area contributed by atoms with Crippen molar-refractivity contribution in [3.8, 4) is 11.5 Å². The number of nitrogens with zero attached hydrogens (tertiary/aromatic N) is 1. The lowest BCUT2D eigenvalue weighted by molar-refractivity contribution is 0.102. The Labute approximate surface area is 169 Å². The molecule has 0 saturated heterocycles. The number of carbonyl (C=O) groups is 1. The van der Waals surface area contributed by atoms with Crippen molar-refractivity contribution in [2.24, 2.45) is 0 Å². The Balaban J connectivity index is 1.64. The Morgan fingerprint density at radius 2 is 1.63 bits per heavy atom. The molecule has 1 heterocycles. The summed E-state index contributed by atoms with van der Waals surface area (Å²) in [6.45, 7) is 0. The van der Waals surface area contributed by atoms with E-state index in [9.17, 15) is 4.79 Å². The van der Waals surface area contributed by atoms with Gasteiger partial charge in [-0.05, 0) is 60.7 Å². The van der Waals surface area contributed by atoms with Crippen LogP contribution in [0.15, 0.2) is 65.1 Å². The number of fused-ring (bicyclic) bond motifs is 1. The smallest absolute Gasteiger partial charge is 0.255 e. The molecule has 0 radical (unpaired) electrons. The molecule has 4 rings (SSSR count). The van der Waals surface area contributed by atoms with Crippen molar-refractivity contribution in [2.75, 3.05) is 5.32 Å². The quantitative estimate of drug-likeness (QED) is 0.403. The number of oxazole rings is 1. The van der Waals surface area contributed by atoms with Gasteiger partial charge in [0.15, 0.2) is 5.58 Å². The van der Waals surface area contributed by atoms with Gasteiger partial charge in [0, 0.05) is 21.3 Å². The van der Waals surface area contributed by atoms with E-state index in [0.29, 0.717) is 48.9 Å². The van der Waals surface area contributed by atoms with Crippen LogP contribution in [0.3, 0.4) is 0 Å². The van der Waals surface area contributed by atoms with E-state index in [1.807, 2.05) is 0 Å². The first-order valence-corrected chi connectivity index (χ1v) is 9.06. The molecule has 0 aliphatic rings. The van der Waals surface area contributed by atoms with Gasteiger partial charge in [-0.1, -0.05) is 34.8 Å². The lowest BCUT2D eigenvalue weighted by atomic mass is 10.2. The van der Waals surface area contributed by atoms with Gasteiger partial charge in [-0.3, -0.25) is 4.79 Å². The molecule has 7 heteroatoms. The van der Waals surface area contributed by atoms with Crippen LogP contribution in [0.1, 0.15) is 10.4 Å². The zero-order valence-corrected chi connectivity index (χ0v) is 15.9. The molecular weight excluding hydrogens is 407 g/mol. The molecule has 3 aromatic carbocycles. The van der Waals surface area contributed by atoms with E-state index in [1.54, 1.807) is 60.7 Å². The van der Waals surface area contributed by atoms with Gasteiger partial charge in [0.2, 0.25) is 5.89 Å². The van der Waals surface area contributed by atoms with E-state index in [1.165, 1.54) is 0 Å². The van der Waals surface area contributed by atoms with Crippen LogP contribution < -0.4 is 5.32 Å². The van der Waals surface area contributed by atoms with Gasteiger partial charge in [-0.25, -0.2) is 4.98 Å². The maximum Gasteiger partial charge on any atom is 0.255 e. The highest BCUT2D eigenvalue weighted by molar-refractivity contribution is 6.35. The van der Waals surface area contributed by atoms with Gasteiger partial charge in [0.1, 0.15) is 5.52 Å². The molecule has 1 N–H and O–H groups in total. The minimum absolute atomic E-state index is 0.243. The van der Waals surface area contributed by atoms with Crippen LogP contribution in [0, 0.1) is 0 Å². The van der Waals surface area contributed by atoms with Crippen molar-refractivity contribution >= 4 is 57.5 Å². The topological polar surface area (TPSA) is 55.1 Å². The second-order valence-corrected chi connectivity index (χ2v) is 7.07. The first kappa shape index (κ1) is 17.9. The summed E-state index contributed by atoms with van der Waals surface area (Å²) in [6.07, 6.45) is 0. The number of halogens is 3. The molecule has 27 heavy (non-hydrogen) atoms. The molecule has 4 aromatic rings. The monoisotopic (exact) mass is 416 g/mol. The minimum atomic E-state index is -0.243. The molecule has 0 saturated carbocycles. The molecule has 1 aromatic heterocycles. The van der Waals surface area contributed by atoms with E-state index in [0.717, 1.165) is 0 Å². The van der Waals surface area contributed by atoms with E-state index in [2.05, 4.69) is 10.3 Å². The summed E-state index contributed by atoms with van der Waals surface area (Å²) in [5.74, 6) is 0.117. The fourth-order valence-corrected chi connectivity index (χ4v) is 3.08. The van der Waals surface area contributed by atoms with Crippen LogP contribution in [0.2, 0.25) is 15.1 Å². The average Bonchev–Trinajstić information content (AvgIpc) is 3.07. The number of aromatic nitrogens is 1. The van der Waals surface area contributed by atoms with Crippen LogP contribution in [0.5, 0.6) is 0 Å². The lowest BCUT2D eigenvalue weighted by Gasteiger charge is -2.05. The maximum absolute atomic E-state index is 12.3. The predicted octanol–water partition coefficient (Wildman–Crippen LogP) is 6.71. The number of anilines is 1. The van der Waals surface area contributed by atoms with E-state index < -0.39 is 0 Å². The third kappa shape index (κ3) is 3.78. The van der Waals surface area contributed by atoms with E-state index in [-0.39, 0.29) is 5.91 Å². The molecule has 0 bridgehead atoms. The van der Waals surface area contributed by atoms with Crippen LogP contribution in [0.4, 0.5) is 5.69 Å². The highest BCUT2D eigenvalue weighted by atomic mass is 35.5. The second kappa shape index (κ2) is 7.24. The number of benzene rings is 3. The van der Waals surface area contributed by atoms with Crippen LogP contribution in [-0.2, 0) is 0 Å². The van der Waals surface area contributed by atoms with Crippen molar-refractivity contribution in [3.05, 3.63) is 81.3 Å². The average molecular weight is 418 g/mol. The molecule has 1 amide bonds. The highest BCUT2D eigenvalue weighted by Gasteiger charge is 2.13. The van der Waals surface area contributed by atoms with Gasteiger partial charge >= 0.3 is 0 Å². The summed E-state index contributed by atoms with van der Waals surface area (Å²) in [5, 5.41) is 4.42. The summed E-state index contributed by atoms with van der Waals surface area (Å²) in [5.41, 5.74) is 2.87. The summed E-state index contributed by atoms with van der Waals surface area (Å²) in [4.78, 5) is 16.8. The van der Waals surface area contributed by atoms with Crippen molar-refractivity contribution in [2.45, 2.75) is 0 Å². The number of nitrogens with one attached hydrogen (secondary N) is 1. The van der Waals surface area contributed by atoms with Crippen molar-refractivity contribution in [1.29, 1.82) is 0 Å². The number of amides is 1. The van der Waals surface area contributed by atoms with E-state index >= 15 is 0 Å². The third-order valence-electron chi connectivity index (χ3n) is 3.91. The Kier molecular flexibility index (Phi) is 4.79. The lowest BCUT2D eigenvalue weighted by Crippen LogP contribution is -2.11. The summed E-state index contributed by atoms with van der Waals surface area (Å²) in [6, 6.07) is 16.9. The van der Waals surface area contributed by atoms with E-state index in [4.69, 9.17) is 39.2 Å². The Bertz CT molecular complexity index is 1150. The van der Waals surface area contributed by atoms with Crippen LogP contribution >= 0.6 is 34.8 Å². The molecule has 0 atom stereocenters. The van der Waals surface area contributed by atoms with Crippen molar-refractivity contribution in [3.63, 3.8) is 0 Å². The number of hydrogen-bond donors (Lipinski definition) is 1. The van der Waals surface area contributed by atoms with Gasteiger partial charge in [-0.2, -0.15) is 0 Å². The molecule has 4 nitrogen and oxygen atoms in total. The zero-order chi connectivity index (χ0) is 19.0. The first-order chi connectivity index (χ1) is 13.0. The summed E-state index contributed by atoms with van der Waals surface area (Å²) >= 11 is 18.1. The SMILES string of the molecule is O=C(Nc1ccc2oc(-c3cc(Cl)ccc3Cl)nc2c1)c1ccc(Cl)cc1. The predicted molar refractivity (Wildman–Crippen MR) is 109 cm³/mol. The number of carbonyl (C=O) groups excluding carboxylic acids is 1. The van der Waals surface area contributed by atoms with Gasteiger partial charge in [0.25, 0.3) is 5.91 Å². The molecule has 0 fully saturated rings. The van der Waals surface area contributed by atoms with Crippen LogP contribution in [0.25, 0.3) is 22.6 Å².